The van der Waals surface area contributed by atoms with E-state index in [0.717, 1.165) is 18.2 Å². The van der Waals surface area contributed by atoms with E-state index in [9.17, 15) is 30.0 Å². The van der Waals surface area contributed by atoms with Crippen LogP contribution >= 0.6 is 0 Å². The van der Waals surface area contributed by atoms with Gasteiger partial charge in [-0.3, -0.25) is 0 Å². The van der Waals surface area contributed by atoms with Crippen molar-refractivity contribution in [2.75, 3.05) is 0 Å². The van der Waals surface area contributed by atoms with Gasteiger partial charge in [0.2, 0.25) is 5.88 Å². The Kier molecular flexibility index (Phi) is 4.85. The number of aromatic nitrogens is 1. The van der Waals surface area contributed by atoms with Gasteiger partial charge in [0.15, 0.2) is 5.03 Å². The number of hydrogen-bond acceptors (Lipinski definition) is 6. The van der Waals surface area contributed by atoms with E-state index in [2.05, 4.69) is 13.9 Å². The third kappa shape index (κ3) is 4.54. The molecule has 1 rings (SSSR count). The van der Waals surface area contributed by atoms with E-state index >= 15 is 0 Å². The summed E-state index contributed by atoms with van der Waals surface area (Å²) in [5.41, 5.74) is -5.64. The number of nitrogens with zero attached hydrogens (tertiary/aromatic N) is 1. The second-order valence-electron chi connectivity index (χ2n) is 4.07. The zero-order valence-corrected chi connectivity index (χ0v) is 12.4. The maximum Gasteiger partial charge on any atom is 0.534 e. The van der Waals surface area contributed by atoms with Crippen molar-refractivity contribution in [3.63, 3.8) is 0 Å². The molecule has 0 aliphatic rings. The number of sulfonamides is 1. The van der Waals surface area contributed by atoms with Gasteiger partial charge in [0.25, 0.3) is 10.0 Å². The van der Waals surface area contributed by atoms with Gasteiger partial charge in [0, 0.05) is 12.1 Å². The van der Waals surface area contributed by atoms with Crippen molar-refractivity contribution in [3.05, 3.63) is 18.2 Å². The second kappa shape index (κ2) is 5.77. The average Bonchev–Trinajstić information content (AvgIpc) is 2.25. The van der Waals surface area contributed by atoms with Crippen molar-refractivity contribution in [1.82, 2.24) is 9.71 Å². The van der Waals surface area contributed by atoms with Crippen molar-refractivity contribution < 1.29 is 34.2 Å². The normalized spacial score (nSPS) is 13.4. The average molecular weight is 348 g/mol. The molecule has 120 valence electrons. The standard InChI is InChI=1S/C9H11F3N2O5S2/c1-6(2)14-20(15,16)8-5-3-4-7(13-8)19-21(17,18)9(10,11)12/h3-6,14H,1-2H3. The highest BCUT2D eigenvalue weighted by Gasteiger charge is 2.48. The van der Waals surface area contributed by atoms with Crippen LogP contribution in [0.1, 0.15) is 13.8 Å². The largest absolute Gasteiger partial charge is 0.534 e. The highest BCUT2D eigenvalue weighted by molar-refractivity contribution is 7.89. The Hall–Kier alpha value is -1.40. The van der Waals surface area contributed by atoms with E-state index in [0.29, 0.717) is 0 Å². The summed E-state index contributed by atoms with van der Waals surface area (Å²) in [5.74, 6) is -1.00. The molecule has 21 heavy (non-hydrogen) atoms. The fraction of sp³-hybridized carbons (Fsp3) is 0.444. The lowest BCUT2D eigenvalue weighted by molar-refractivity contribution is -0.0501. The smallest absolute Gasteiger partial charge is 0.355 e. The lowest BCUT2D eigenvalue weighted by atomic mass is 10.4. The SMILES string of the molecule is CC(C)NS(=O)(=O)c1cccc(OS(=O)(=O)C(F)(F)F)n1. The van der Waals surface area contributed by atoms with Crippen molar-refractivity contribution in [2.24, 2.45) is 0 Å². The third-order valence-electron chi connectivity index (χ3n) is 1.84. The summed E-state index contributed by atoms with van der Waals surface area (Å²) in [6.07, 6.45) is 0. The molecule has 1 N–H and O–H groups in total. The molecule has 0 saturated heterocycles. The van der Waals surface area contributed by atoms with Gasteiger partial charge >= 0.3 is 15.6 Å². The zero-order chi connectivity index (χ0) is 16.5. The van der Waals surface area contributed by atoms with Crippen molar-refractivity contribution >= 4 is 20.1 Å². The summed E-state index contributed by atoms with van der Waals surface area (Å²) >= 11 is 0. The fourth-order valence-corrected chi connectivity index (χ4v) is 2.74. The molecule has 0 saturated carbocycles. The predicted octanol–water partition coefficient (Wildman–Crippen LogP) is 0.997. The lowest BCUT2D eigenvalue weighted by Gasteiger charge is -2.11. The first-order chi connectivity index (χ1) is 9.35. The van der Waals surface area contributed by atoms with Crippen LogP contribution in [-0.2, 0) is 20.1 Å². The number of alkyl halides is 3. The Morgan fingerprint density at radius 3 is 2.24 bits per heavy atom. The highest BCUT2D eigenvalue weighted by atomic mass is 32.2. The fourth-order valence-electron chi connectivity index (χ4n) is 1.12. The van der Waals surface area contributed by atoms with Crippen molar-refractivity contribution in [3.8, 4) is 5.88 Å². The van der Waals surface area contributed by atoms with Crippen LogP contribution in [0, 0.1) is 0 Å². The summed E-state index contributed by atoms with van der Waals surface area (Å²) in [4.78, 5) is 3.24. The van der Waals surface area contributed by atoms with Crippen LogP contribution in [0.15, 0.2) is 23.2 Å². The Balaban J connectivity index is 3.14. The van der Waals surface area contributed by atoms with E-state index in [1.807, 2.05) is 0 Å². The predicted molar refractivity (Wildman–Crippen MR) is 65.3 cm³/mol. The molecule has 1 heterocycles. The van der Waals surface area contributed by atoms with Gasteiger partial charge in [-0.2, -0.15) is 26.6 Å². The van der Waals surface area contributed by atoms with Gasteiger partial charge in [-0.25, -0.2) is 13.1 Å². The molecule has 1 aromatic rings. The van der Waals surface area contributed by atoms with E-state index in [1.54, 1.807) is 0 Å². The van der Waals surface area contributed by atoms with Crippen LogP contribution in [0.5, 0.6) is 5.88 Å². The zero-order valence-electron chi connectivity index (χ0n) is 10.7. The molecule has 0 radical (unpaired) electrons. The Bertz CT molecular complexity index is 713. The molecule has 12 heteroatoms. The molecule has 0 atom stereocenters. The lowest BCUT2D eigenvalue weighted by Crippen LogP contribution is -2.31. The van der Waals surface area contributed by atoms with Gasteiger partial charge in [0.05, 0.1) is 0 Å². The van der Waals surface area contributed by atoms with Crippen LogP contribution in [0.3, 0.4) is 0 Å². The number of nitrogens with one attached hydrogen (secondary N) is 1. The van der Waals surface area contributed by atoms with Crippen molar-refractivity contribution in [2.45, 2.75) is 30.4 Å². The molecule has 0 fully saturated rings. The van der Waals surface area contributed by atoms with Gasteiger partial charge in [-0.1, -0.05) is 6.07 Å². The molecule has 0 unspecified atom stereocenters. The molecule has 0 spiro atoms. The van der Waals surface area contributed by atoms with Crippen LogP contribution in [0.25, 0.3) is 0 Å². The van der Waals surface area contributed by atoms with Gasteiger partial charge < -0.3 is 4.18 Å². The summed E-state index contributed by atoms with van der Waals surface area (Å²) < 4.78 is 87.5. The van der Waals surface area contributed by atoms with E-state index in [-0.39, 0.29) is 0 Å². The minimum atomic E-state index is -5.91. The quantitative estimate of drug-likeness (QED) is 0.629. The topological polar surface area (TPSA) is 102 Å². The number of rotatable bonds is 5. The second-order valence-corrected chi connectivity index (χ2v) is 7.27. The minimum absolute atomic E-state index is 0.486. The van der Waals surface area contributed by atoms with E-state index in [1.165, 1.54) is 13.8 Å². The number of pyridine rings is 1. The highest BCUT2D eigenvalue weighted by Crippen LogP contribution is 2.26. The third-order valence-corrected chi connectivity index (χ3v) is 4.36. The summed E-state index contributed by atoms with van der Waals surface area (Å²) in [7, 11) is -10.0. The Morgan fingerprint density at radius 2 is 1.76 bits per heavy atom. The molecule has 1 aromatic heterocycles. The molecule has 0 aliphatic carbocycles. The Labute approximate surface area is 119 Å². The van der Waals surface area contributed by atoms with E-state index in [4.69, 9.17) is 0 Å². The molecule has 0 bridgehead atoms. The van der Waals surface area contributed by atoms with Crippen LogP contribution in [-0.4, -0.2) is 33.4 Å². The summed E-state index contributed by atoms with van der Waals surface area (Å²) in [6.45, 7) is 3.04. The van der Waals surface area contributed by atoms with Gasteiger partial charge in [-0.05, 0) is 19.9 Å². The first kappa shape index (κ1) is 17.7. The van der Waals surface area contributed by atoms with Crippen molar-refractivity contribution in [1.29, 1.82) is 0 Å². The number of hydrogen-bond donors (Lipinski definition) is 1. The molecule has 0 amide bonds. The first-order valence-electron chi connectivity index (χ1n) is 5.35. The molecular weight excluding hydrogens is 337 g/mol. The van der Waals surface area contributed by atoms with E-state index < -0.39 is 42.6 Å². The summed E-state index contributed by atoms with van der Waals surface area (Å²) in [5, 5.41) is -0.661. The first-order valence-corrected chi connectivity index (χ1v) is 8.24. The van der Waals surface area contributed by atoms with Gasteiger partial charge in [-0.15, -0.1) is 0 Å². The van der Waals surface area contributed by atoms with Crippen LogP contribution < -0.4 is 8.91 Å². The monoisotopic (exact) mass is 348 g/mol. The summed E-state index contributed by atoms with van der Waals surface area (Å²) in [6, 6.07) is 2.29. The number of halogens is 3. The molecule has 0 aromatic carbocycles. The molecule has 7 nitrogen and oxygen atoms in total. The molecule has 0 aliphatic heterocycles. The maximum atomic E-state index is 12.2. The van der Waals surface area contributed by atoms with Gasteiger partial charge in [0.1, 0.15) is 0 Å². The van der Waals surface area contributed by atoms with Crippen LogP contribution in [0.2, 0.25) is 0 Å². The minimum Gasteiger partial charge on any atom is -0.355 e. The maximum absolute atomic E-state index is 12.2. The molecular formula is C9H11F3N2O5S2. The van der Waals surface area contributed by atoms with Crippen LogP contribution in [0.4, 0.5) is 13.2 Å². The Morgan fingerprint density at radius 1 is 1.19 bits per heavy atom.